The Morgan fingerprint density at radius 3 is 2.48 bits per heavy atom. The first-order valence-corrected chi connectivity index (χ1v) is 7.95. The summed E-state index contributed by atoms with van der Waals surface area (Å²) in [6.45, 7) is 0. The van der Waals surface area contributed by atoms with Crippen molar-refractivity contribution in [2.75, 3.05) is 17.7 Å². The highest BCUT2D eigenvalue weighted by Crippen LogP contribution is 2.30. The second-order valence-corrected chi connectivity index (χ2v) is 6.20. The number of carbonyl (C=O) groups excluding carboxylic acids is 1. The van der Waals surface area contributed by atoms with Crippen LogP contribution in [-0.4, -0.2) is 25.2 Å². The summed E-state index contributed by atoms with van der Waals surface area (Å²) < 4.78 is 5.41. The van der Waals surface area contributed by atoms with Gasteiger partial charge in [-0.25, -0.2) is 0 Å². The van der Waals surface area contributed by atoms with Crippen LogP contribution in [0.2, 0.25) is 0 Å². The Bertz CT molecular complexity index is 491. The van der Waals surface area contributed by atoms with Gasteiger partial charge < -0.3 is 15.4 Å². The summed E-state index contributed by atoms with van der Waals surface area (Å²) in [7, 11) is 1.80. The molecule has 0 unspecified atom stereocenters. The number of ether oxygens (including phenoxy) is 1. The third-order valence-electron chi connectivity index (χ3n) is 4.46. The number of nitrogens with one attached hydrogen (secondary N) is 2. The lowest BCUT2D eigenvalue weighted by atomic mass is 9.93. The van der Waals surface area contributed by atoms with Gasteiger partial charge in [0.05, 0.1) is 6.10 Å². The molecule has 2 fully saturated rings. The molecular weight excluding hydrogens is 264 g/mol. The number of methoxy groups -OCH3 is 1. The summed E-state index contributed by atoms with van der Waals surface area (Å²) in [6.07, 6.45) is 7.00. The van der Waals surface area contributed by atoms with Crippen molar-refractivity contribution in [2.24, 2.45) is 5.92 Å². The van der Waals surface area contributed by atoms with E-state index in [0.29, 0.717) is 12.1 Å². The summed E-state index contributed by atoms with van der Waals surface area (Å²) in [5.41, 5.74) is 1.98. The van der Waals surface area contributed by atoms with Gasteiger partial charge in [0, 0.05) is 30.4 Å². The molecule has 2 saturated carbocycles. The zero-order valence-electron chi connectivity index (χ0n) is 12.6. The topological polar surface area (TPSA) is 50.4 Å². The van der Waals surface area contributed by atoms with Crippen molar-refractivity contribution in [3.63, 3.8) is 0 Å². The van der Waals surface area contributed by atoms with Gasteiger partial charge in [0.1, 0.15) is 0 Å². The maximum Gasteiger partial charge on any atom is 0.227 e. The van der Waals surface area contributed by atoms with Crippen LogP contribution in [0.15, 0.2) is 24.3 Å². The van der Waals surface area contributed by atoms with Crippen LogP contribution in [-0.2, 0) is 9.53 Å². The van der Waals surface area contributed by atoms with Crippen LogP contribution in [0.25, 0.3) is 0 Å². The fourth-order valence-electron chi connectivity index (χ4n) is 2.96. The molecule has 0 aliphatic heterocycles. The van der Waals surface area contributed by atoms with Crippen molar-refractivity contribution < 1.29 is 9.53 Å². The summed E-state index contributed by atoms with van der Waals surface area (Å²) in [5.74, 6) is 0.402. The van der Waals surface area contributed by atoms with Gasteiger partial charge in [-0.3, -0.25) is 4.79 Å². The van der Waals surface area contributed by atoms with Gasteiger partial charge in [0.15, 0.2) is 0 Å². The molecule has 21 heavy (non-hydrogen) atoms. The van der Waals surface area contributed by atoms with Gasteiger partial charge >= 0.3 is 0 Å². The predicted molar refractivity (Wildman–Crippen MR) is 84.5 cm³/mol. The Kier molecular flexibility index (Phi) is 4.44. The molecule has 0 spiro atoms. The van der Waals surface area contributed by atoms with Gasteiger partial charge in [-0.05, 0) is 56.7 Å². The van der Waals surface area contributed by atoms with Crippen LogP contribution in [0.4, 0.5) is 11.4 Å². The van der Waals surface area contributed by atoms with E-state index in [-0.39, 0.29) is 11.8 Å². The molecule has 1 aromatic rings. The van der Waals surface area contributed by atoms with Crippen molar-refractivity contribution >= 4 is 17.3 Å². The summed E-state index contributed by atoms with van der Waals surface area (Å²) in [6, 6.07) is 8.54. The van der Waals surface area contributed by atoms with Crippen molar-refractivity contribution in [3.8, 4) is 0 Å². The van der Waals surface area contributed by atoms with Crippen LogP contribution in [0, 0.1) is 5.92 Å². The highest BCUT2D eigenvalue weighted by Gasteiger charge is 2.29. The van der Waals surface area contributed by atoms with Gasteiger partial charge in [-0.15, -0.1) is 0 Å². The maximum atomic E-state index is 11.8. The average Bonchev–Trinajstić information content (AvgIpc) is 3.33. The molecule has 2 aliphatic rings. The van der Waals surface area contributed by atoms with E-state index in [9.17, 15) is 4.79 Å². The summed E-state index contributed by atoms with van der Waals surface area (Å²) >= 11 is 0. The summed E-state index contributed by atoms with van der Waals surface area (Å²) in [5, 5.41) is 6.58. The molecule has 0 radical (unpaired) electrons. The largest absolute Gasteiger partial charge is 0.382 e. The second-order valence-electron chi connectivity index (χ2n) is 6.20. The lowest BCUT2D eigenvalue weighted by molar-refractivity contribution is -0.117. The molecule has 0 saturated heterocycles. The minimum Gasteiger partial charge on any atom is -0.382 e. The van der Waals surface area contributed by atoms with E-state index < -0.39 is 0 Å². The molecule has 1 aromatic carbocycles. The number of amides is 1. The highest BCUT2D eigenvalue weighted by molar-refractivity contribution is 5.94. The smallest absolute Gasteiger partial charge is 0.227 e. The zero-order chi connectivity index (χ0) is 14.7. The van der Waals surface area contributed by atoms with Crippen LogP contribution >= 0.6 is 0 Å². The molecule has 114 valence electrons. The van der Waals surface area contributed by atoms with Crippen molar-refractivity contribution in [1.82, 2.24) is 0 Å². The molecule has 2 aliphatic carbocycles. The Hall–Kier alpha value is -1.55. The quantitative estimate of drug-likeness (QED) is 0.873. The molecule has 0 atom stereocenters. The fraction of sp³-hybridized carbons (Fsp3) is 0.588. The molecule has 4 heteroatoms. The third-order valence-corrected chi connectivity index (χ3v) is 4.46. The Balaban J connectivity index is 1.54. The molecule has 0 aromatic heterocycles. The minimum absolute atomic E-state index is 0.160. The lowest BCUT2D eigenvalue weighted by Crippen LogP contribution is -2.29. The monoisotopic (exact) mass is 288 g/mol. The molecule has 1 amide bonds. The highest BCUT2D eigenvalue weighted by atomic mass is 16.5. The Morgan fingerprint density at radius 2 is 1.81 bits per heavy atom. The van der Waals surface area contributed by atoms with Gasteiger partial charge in [0.25, 0.3) is 0 Å². The minimum atomic E-state index is 0.160. The zero-order valence-corrected chi connectivity index (χ0v) is 12.6. The van der Waals surface area contributed by atoms with Gasteiger partial charge in [-0.1, -0.05) is 6.07 Å². The number of rotatable bonds is 5. The third kappa shape index (κ3) is 3.97. The van der Waals surface area contributed by atoms with Gasteiger partial charge in [0.2, 0.25) is 5.91 Å². The predicted octanol–water partition coefficient (Wildman–Crippen LogP) is 3.40. The van der Waals surface area contributed by atoms with E-state index in [1.807, 2.05) is 18.2 Å². The van der Waals surface area contributed by atoms with Crippen LogP contribution in [0.5, 0.6) is 0 Å². The average molecular weight is 288 g/mol. The van der Waals surface area contributed by atoms with E-state index >= 15 is 0 Å². The Morgan fingerprint density at radius 1 is 1.10 bits per heavy atom. The number of anilines is 2. The first-order chi connectivity index (χ1) is 10.2. The molecule has 2 N–H and O–H groups in total. The summed E-state index contributed by atoms with van der Waals surface area (Å²) in [4.78, 5) is 11.8. The molecule has 0 bridgehead atoms. The van der Waals surface area contributed by atoms with Gasteiger partial charge in [-0.2, -0.15) is 0 Å². The standard InChI is InChI=1S/C17H24N2O2/c1-21-16-9-7-13(8-10-16)18-14-3-2-4-15(11-14)19-17(20)12-5-6-12/h2-4,11-13,16,18H,5-10H2,1H3,(H,19,20). The van der Waals surface area contributed by atoms with E-state index in [0.717, 1.165) is 49.9 Å². The fourth-order valence-corrected chi connectivity index (χ4v) is 2.96. The van der Waals surface area contributed by atoms with Crippen molar-refractivity contribution in [3.05, 3.63) is 24.3 Å². The first-order valence-electron chi connectivity index (χ1n) is 7.95. The van der Waals surface area contributed by atoms with E-state index in [4.69, 9.17) is 4.74 Å². The Labute approximate surface area is 126 Å². The normalized spacial score (nSPS) is 25.4. The number of hydrogen-bond donors (Lipinski definition) is 2. The second kappa shape index (κ2) is 6.48. The van der Waals surface area contributed by atoms with Crippen LogP contribution in [0.3, 0.4) is 0 Å². The number of benzene rings is 1. The molecule has 0 heterocycles. The van der Waals surface area contributed by atoms with E-state index in [2.05, 4.69) is 16.7 Å². The maximum absolute atomic E-state index is 11.8. The van der Waals surface area contributed by atoms with Crippen molar-refractivity contribution in [1.29, 1.82) is 0 Å². The van der Waals surface area contributed by atoms with Crippen molar-refractivity contribution in [2.45, 2.75) is 50.7 Å². The van der Waals surface area contributed by atoms with Crippen LogP contribution < -0.4 is 10.6 Å². The lowest BCUT2D eigenvalue weighted by Gasteiger charge is -2.29. The van der Waals surface area contributed by atoms with E-state index in [1.54, 1.807) is 7.11 Å². The van der Waals surface area contributed by atoms with E-state index in [1.165, 1.54) is 0 Å². The van der Waals surface area contributed by atoms with Crippen LogP contribution in [0.1, 0.15) is 38.5 Å². The molecule has 3 rings (SSSR count). The first kappa shape index (κ1) is 14.4. The SMILES string of the molecule is COC1CCC(Nc2cccc(NC(=O)C3CC3)c2)CC1. The number of carbonyl (C=O) groups is 1. The molecular formula is C17H24N2O2. The number of hydrogen-bond acceptors (Lipinski definition) is 3. The molecule has 4 nitrogen and oxygen atoms in total.